The zero-order valence-electron chi connectivity index (χ0n) is 10.3. The first kappa shape index (κ1) is 13.5. The molecular formula is C12H23NO3. The fraction of sp³-hybridized carbons (Fsp3) is 0.917. The van der Waals surface area contributed by atoms with Crippen molar-refractivity contribution < 1.29 is 14.6 Å². The molecule has 0 bridgehead atoms. The number of carboxylic acids is 1. The van der Waals surface area contributed by atoms with E-state index >= 15 is 0 Å². The van der Waals surface area contributed by atoms with E-state index in [4.69, 9.17) is 9.84 Å². The molecule has 16 heavy (non-hydrogen) atoms. The number of rotatable bonds is 9. The highest BCUT2D eigenvalue weighted by Gasteiger charge is 2.32. The number of hydrogen-bond acceptors (Lipinski definition) is 3. The second-order valence-corrected chi connectivity index (χ2v) is 4.83. The summed E-state index contributed by atoms with van der Waals surface area (Å²) in [5, 5.41) is 12.2. The van der Waals surface area contributed by atoms with Crippen LogP contribution in [-0.2, 0) is 9.53 Å². The van der Waals surface area contributed by atoms with Crippen molar-refractivity contribution in [2.75, 3.05) is 19.8 Å². The molecule has 1 fully saturated rings. The molecule has 1 saturated carbocycles. The average Bonchev–Trinajstić information content (AvgIpc) is 3.05. The van der Waals surface area contributed by atoms with Crippen LogP contribution in [0, 0.1) is 5.92 Å². The lowest BCUT2D eigenvalue weighted by Crippen LogP contribution is -2.50. The Morgan fingerprint density at radius 1 is 1.56 bits per heavy atom. The summed E-state index contributed by atoms with van der Waals surface area (Å²) in [5.74, 6) is -0.0596. The van der Waals surface area contributed by atoms with E-state index in [-0.39, 0.29) is 0 Å². The normalized spacial score (nSPS) is 19.4. The Labute approximate surface area is 97.4 Å². The SMILES string of the molecule is CCCNC(C)(CCOCC1CC1)C(=O)O. The predicted octanol–water partition coefficient (Wildman–Crippen LogP) is 1.65. The topological polar surface area (TPSA) is 58.6 Å². The maximum atomic E-state index is 11.1. The summed E-state index contributed by atoms with van der Waals surface area (Å²) in [6, 6.07) is 0. The van der Waals surface area contributed by atoms with Crippen LogP contribution in [0.3, 0.4) is 0 Å². The molecule has 0 amide bonds. The van der Waals surface area contributed by atoms with Gasteiger partial charge < -0.3 is 15.2 Å². The molecule has 0 radical (unpaired) electrons. The molecule has 0 aromatic heterocycles. The lowest BCUT2D eigenvalue weighted by molar-refractivity contribution is -0.145. The van der Waals surface area contributed by atoms with E-state index in [2.05, 4.69) is 5.32 Å². The van der Waals surface area contributed by atoms with Crippen LogP contribution < -0.4 is 5.32 Å². The molecule has 1 aliphatic rings. The van der Waals surface area contributed by atoms with Gasteiger partial charge in [0.1, 0.15) is 5.54 Å². The van der Waals surface area contributed by atoms with Crippen molar-refractivity contribution in [1.82, 2.24) is 5.32 Å². The largest absolute Gasteiger partial charge is 0.480 e. The lowest BCUT2D eigenvalue weighted by atomic mass is 9.98. The van der Waals surface area contributed by atoms with Gasteiger partial charge in [0.25, 0.3) is 0 Å². The van der Waals surface area contributed by atoms with Crippen molar-refractivity contribution in [3.63, 3.8) is 0 Å². The van der Waals surface area contributed by atoms with Gasteiger partial charge in [-0.1, -0.05) is 6.92 Å². The van der Waals surface area contributed by atoms with E-state index in [1.807, 2.05) is 6.92 Å². The Morgan fingerprint density at radius 3 is 2.75 bits per heavy atom. The van der Waals surface area contributed by atoms with E-state index in [0.29, 0.717) is 13.0 Å². The lowest BCUT2D eigenvalue weighted by Gasteiger charge is -2.26. The Bertz CT molecular complexity index is 228. The van der Waals surface area contributed by atoms with Gasteiger partial charge in [-0.15, -0.1) is 0 Å². The molecule has 0 aliphatic heterocycles. The van der Waals surface area contributed by atoms with Crippen LogP contribution in [-0.4, -0.2) is 36.4 Å². The van der Waals surface area contributed by atoms with Crippen LogP contribution in [0.15, 0.2) is 0 Å². The maximum Gasteiger partial charge on any atom is 0.323 e. The summed E-state index contributed by atoms with van der Waals surface area (Å²) < 4.78 is 5.48. The summed E-state index contributed by atoms with van der Waals surface area (Å²) in [4.78, 5) is 11.1. The molecule has 0 saturated heterocycles. The summed E-state index contributed by atoms with van der Waals surface area (Å²) in [5.41, 5.74) is -0.848. The second kappa shape index (κ2) is 6.21. The smallest absolute Gasteiger partial charge is 0.323 e. The fourth-order valence-corrected chi connectivity index (χ4v) is 1.48. The standard InChI is InChI=1S/C12H23NO3/c1-3-7-13-12(2,11(14)15)6-8-16-9-10-4-5-10/h10,13H,3-9H2,1-2H3,(H,14,15). The van der Waals surface area contributed by atoms with Crippen molar-refractivity contribution in [1.29, 1.82) is 0 Å². The fourth-order valence-electron chi connectivity index (χ4n) is 1.48. The van der Waals surface area contributed by atoms with E-state index < -0.39 is 11.5 Å². The Kier molecular flexibility index (Phi) is 5.22. The third-order valence-corrected chi connectivity index (χ3v) is 3.03. The van der Waals surface area contributed by atoms with Gasteiger partial charge in [-0.2, -0.15) is 0 Å². The van der Waals surface area contributed by atoms with Crippen molar-refractivity contribution in [3.8, 4) is 0 Å². The molecule has 1 unspecified atom stereocenters. The van der Waals surface area contributed by atoms with Gasteiger partial charge >= 0.3 is 5.97 Å². The molecule has 2 N–H and O–H groups in total. The minimum atomic E-state index is -0.848. The predicted molar refractivity (Wildman–Crippen MR) is 62.5 cm³/mol. The highest BCUT2D eigenvalue weighted by Crippen LogP contribution is 2.28. The van der Waals surface area contributed by atoms with Crippen LogP contribution in [0.25, 0.3) is 0 Å². The van der Waals surface area contributed by atoms with Crippen LogP contribution in [0.4, 0.5) is 0 Å². The molecule has 1 aliphatic carbocycles. The first-order valence-electron chi connectivity index (χ1n) is 6.14. The zero-order valence-corrected chi connectivity index (χ0v) is 10.3. The molecule has 0 heterocycles. The van der Waals surface area contributed by atoms with Crippen molar-refractivity contribution >= 4 is 5.97 Å². The molecule has 4 nitrogen and oxygen atoms in total. The highest BCUT2D eigenvalue weighted by molar-refractivity contribution is 5.78. The van der Waals surface area contributed by atoms with Gasteiger partial charge in [-0.25, -0.2) is 0 Å². The minimum Gasteiger partial charge on any atom is -0.480 e. The number of aliphatic carboxylic acids is 1. The zero-order chi connectivity index (χ0) is 12.0. The molecule has 0 spiro atoms. The van der Waals surface area contributed by atoms with Gasteiger partial charge in [0.15, 0.2) is 0 Å². The second-order valence-electron chi connectivity index (χ2n) is 4.83. The van der Waals surface area contributed by atoms with Gasteiger partial charge in [-0.3, -0.25) is 4.79 Å². The van der Waals surface area contributed by atoms with Crippen molar-refractivity contribution in [3.05, 3.63) is 0 Å². The molecule has 1 atom stereocenters. The summed E-state index contributed by atoms with van der Waals surface area (Å²) in [7, 11) is 0. The van der Waals surface area contributed by atoms with Crippen LogP contribution in [0.1, 0.15) is 39.5 Å². The van der Waals surface area contributed by atoms with Gasteiger partial charge in [-0.05, 0) is 45.1 Å². The number of carbonyl (C=O) groups is 1. The molecular weight excluding hydrogens is 206 g/mol. The quantitative estimate of drug-likeness (QED) is 0.590. The third-order valence-electron chi connectivity index (χ3n) is 3.03. The molecule has 4 heteroatoms. The van der Waals surface area contributed by atoms with E-state index in [1.54, 1.807) is 6.92 Å². The van der Waals surface area contributed by atoms with Gasteiger partial charge in [0, 0.05) is 13.2 Å². The summed E-state index contributed by atoms with van der Waals surface area (Å²) in [6.45, 7) is 5.80. The number of ether oxygens (including phenoxy) is 1. The Morgan fingerprint density at radius 2 is 2.25 bits per heavy atom. The Hall–Kier alpha value is -0.610. The summed E-state index contributed by atoms with van der Waals surface area (Å²) in [6.07, 6.45) is 4.00. The number of hydrogen-bond donors (Lipinski definition) is 2. The average molecular weight is 229 g/mol. The first-order chi connectivity index (χ1) is 7.58. The van der Waals surface area contributed by atoms with E-state index in [0.717, 1.165) is 25.5 Å². The maximum absolute atomic E-state index is 11.1. The Balaban J connectivity index is 2.21. The molecule has 94 valence electrons. The monoisotopic (exact) mass is 229 g/mol. The highest BCUT2D eigenvalue weighted by atomic mass is 16.5. The number of nitrogens with one attached hydrogen (secondary N) is 1. The summed E-state index contributed by atoms with van der Waals surface area (Å²) >= 11 is 0. The molecule has 0 aromatic rings. The molecule has 0 aromatic carbocycles. The van der Waals surface area contributed by atoms with Crippen LogP contribution in [0.5, 0.6) is 0 Å². The third kappa shape index (κ3) is 4.49. The van der Waals surface area contributed by atoms with Gasteiger partial charge in [0.2, 0.25) is 0 Å². The van der Waals surface area contributed by atoms with Crippen LogP contribution >= 0.6 is 0 Å². The number of carboxylic acid groups (broad SMARTS) is 1. The van der Waals surface area contributed by atoms with E-state index in [1.165, 1.54) is 12.8 Å². The van der Waals surface area contributed by atoms with Crippen LogP contribution in [0.2, 0.25) is 0 Å². The van der Waals surface area contributed by atoms with Crippen molar-refractivity contribution in [2.24, 2.45) is 5.92 Å². The molecule has 1 rings (SSSR count). The minimum absolute atomic E-state index is 0.523. The van der Waals surface area contributed by atoms with Crippen molar-refractivity contribution in [2.45, 2.75) is 45.1 Å². The first-order valence-corrected chi connectivity index (χ1v) is 6.14. The van der Waals surface area contributed by atoms with E-state index in [9.17, 15) is 4.79 Å². The van der Waals surface area contributed by atoms with Gasteiger partial charge in [0.05, 0.1) is 0 Å².